The minimum atomic E-state index is -0.669. The molecule has 0 saturated carbocycles. The molecule has 158 valence electrons. The standard InChI is InChI=1S/C23H30O6/c1-7-17(28-6)15-11-18(25)29-23-19(15)21(26)14(9-8-12(2)3)22(27)20(23)16(24)10-13(4)5/h8,11,13,17,26-27H,7,9-10H2,1-6H3. The first kappa shape index (κ1) is 22.7. The van der Waals surface area contributed by atoms with Crippen molar-refractivity contribution in [3.63, 3.8) is 0 Å². The van der Waals surface area contributed by atoms with E-state index in [0.29, 0.717) is 12.0 Å². The number of carbonyl (C=O) groups is 1. The highest BCUT2D eigenvalue weighted by molar-refractivity contribution is 6.11. The molecule has 0 spiro atoms. The molecule has 1 unspecified atom stereocenters. The third-order valence-corrected chi connectivity index (χ3v) is 4.85. The molecule has 1 aromatic carbocycles. The Labute approximate surface area is 170 Å². The molecule has 29 heavy (non-hydrogen) atoms. The molecular weight excluding hydrogens is 372 g/mol. The molecule has 6 heteroatoms. The summed E-state index contributed by atoms with van der Waals surface area (Å²) < 4.78 is 10.8. The molecule has 0 aliphatic carbocycles. The van der Waals surface area contributed by atoms with Gasteiger partial charge in [0, 0.05) is 30.7 Å². The van der Waals surface area contributed by atoms with E-state index in [1.165, 1.54) is 13.2 Å². The van der Waals surface area contributed by atoms with Crippen LogP contribution in [-0.2, 0) is 11.2 Å². The third kappa shape index (κ3) is 4.70. The smallest absolute Gasteiger partial charge is 0.336 e. The summed E-state index contributed by atoms with van der Waals surface area (Å²) in [5, 5.41) is 22.2. The normalized spacial score (nSPS) is 12.4. The topological polar surface area (TPSA) is 97.0 Å². The van der Waals surface area contributed by atoms with E-state index in [-0.39, 0.29) is 58.1 Å². The van der Waals surface area contributed by atoms with E-state index < -0.39 is 11.7 Å². The monoisotopic (exact) mass is 402 g/mol. The Balaban J connectivity index is 3.00. The van der Waals surface area contributed by atoms with Crippen molar-refractivity contribution in [1.82, 2.24) is 0 Å². The summed E-state index contributed by atoms with van der Waals surface area (Å²) in [5.41, 5.74) is 0.848. The quantitative estimate of drug-likeness (QED) is 0.365. The highest BCUT2D eigenvalue weighted by atomic mass is 16.5. The molecule has 0 radical (unpaired) electrons. The van der Waals surface area contributed by atoms with Gasteiger partial charge in [-0.15, -0.1) is 0 Å². The van der Waals surface area contributed by atoms with Gasteiger partial charge in [-0.25, -0.2) is 4.79 Å². The SMILES string of the molecule is CCC(OC)c1cc(=O)oc2c(C(=O)CC(C)C)c(O)c(CC=C(C)C)c(O)c12. The number of methoxy groups -OCH3 is 1. The molecule has 0 saturated heterocycles. The van der Waals surface area contributed by atoms with Crippen LogP contribution in [0.3, 0.4) is 0 Å². The van der Waals surface area contributed by atoms with Gasteiger partial charge in [-0.1, -0.05) is 32.4 Å². The lowest BCUT2D eigenvalue weighted by Gasteiger charge is -2.20. The van der Waals surface area contributed by atoms with Gasteiger partial charge in [0.1, 0.15) is 17.1 Å². The molecule has 0 aliphatic heterocycles. The van der Waals surface area contributed by atoms with Crippen LogP contribution in [0.25, 0.3) is 11.0 Å². The number of benzene rings is 1. The van der Waals surface area contributed by atoms with Crippen molar-refractivity contribution in [3.8, 4) is 11.5 Å². The lowest BCUT2D eigenvalue weighted by Crippen LogP contribution is -2.12. The summed E-state index contributed by atoms with van der Waals surface area (Å²) >= 11 is 0. The highest BCUT2D eigenvalue weighted by Gasteiger charge is 2.29. The number of Topliss-reactive ketones (excluding diaryl/α,β-unsaturated/α-hetero) is 1. The van der Waals surface area contributed by atoms with Crippen molar-refractivity contribution < 1.29 is 24.2 Å². The molecule has 1 heterocycles. The minimum Gasteiger partial charge on any atom is -0.507 e. The van der Waals surface area contributed by atoms with Gasteiger partial charge in [0.15, 0.2) is 11.4 Å². The average Bonchev–Trinajstić information content (AvgIpc) is 2.61. The van der Waals surface area contributed by atoms with Crippen LogP contribution >= 0.6 is 0 Å². The zero-order valence-corrected chi connectivity index (χ0v) is 18.0. The van der Waals surface area contributed by atoms with E-state index in [9.17, 15) is 19.8 Å². The zero-order chi connectivity index (χ0) is 21.9. The van der Waals surface area contributed by atoms with Gasteiger partial charge in [-0.05, 0) is 32.6 Å². The maximum Gasteiger partial charge on any atom is 0.336 e. The number of aromatic hydroxyl groups is 2. The van der Waals surface area contributed by atoms with Crippen molar-refractivity contribution >= 4 is 16.8 Å². The fraction of sp³-hybridized carbons (Fsp3) is 0.478. The van der Waals surface area contributed by atoms with Gasteiger partial charge in [-0.3, -0.25) is 4.79 Å². The fourth-order valence-electron chi connectivity index (χ4n) is 3.45. The number of ether oxygens (including phenoxy) is 1. The number of rotatable bonds is 8. The number of ketones is 1. The maximum atomic E-state index is 13.0. The summed E-state index contributed by atoms with van der Waals surface area (Å²) in [4.78, 5) is 25.2. The van der Waals surface area contributed by atoms with Crippen molar-refractivity contribution in [2.75, 3.05) is 7.11 Å². The lowest BCUT2D eigenvalue weighted by atomic mass is 9.91. The minimum absolute atomic E-state index is 0.0456. The maximum absolute atomic E-state index is 13.0. The number of carbonyl (C=O) groups excluding carboxylic acids is 1. The van der Waals surface area contributed by atoms with Crippen LogP contribution in [-0.4, -0.2) is 23.1 Å². The molecule has 2 N–H and O–H groups in total. The van der Waals surface area contributed by atoms with Crippen LogP contribution in [0, 0.1) is 5.92 Å². The predicted octanol–water partition coefficient (Wildman–Crippen LogP) is 5.04. The first-order valence-electron chi connectivity index (χ1n) is 9.86. The van der Waals surface area contributed by atoms with Crippen LogP contribution in [0.4, 0.5) is 0 Å². The van der Waals surface area contributed by atoms with E-state index in [1.54, 1.807) is 0 Å². The number of phenolic OH excluding ortho intramolecular Hbond substituents is 2. The molecule has 6 nitrogen and oxygen atoms in total. The summed E-state index contributed by atoms with van der Waals surface area (Å²) in [6, 6.07) is 1.28. The van der Waals surface area contributed by atoms with Crippen LogP contribution in [0.5, 0.6) is 11.5 Å². The zero-order valence-electron chi connectivity index (χ0n) is 18.0. The second-order valence-corrected chi connectivity index (χ2v) is 7.92. The Morgan fingerprint density at radius 1 is 1.24 bits per heavy atom. The van der Waals surface area contributed by atoms with Gasteiger partial charge in [0.2, 0.25) is 0 Å². The molecular formula is C23H30O6. The Morgan fingerprint density at radius 2 is 1.90 bits per heavy atom. The average molecular weight is 402 g/mol. The third-order valence-electron chi connectivity index (χ3n) is 4.85. The van der Waals surface area contributed by atoms with Crippen LogP contribution < -0.4 is 5.63 Å². The Hall–Kier alpha value is -2.60. The van der Waals surface area contributed by atoms with Gasteiger partial charge in [0.05, 0.1) is 11.5 Å². The summed E-state index contributed by atoms with van der Waals surface area (Å²) in [7, 11) is 1.51. The van der Waals surface area contributed by atoms with Crippen molar-refractivity contribution in [2.24, 2.45) is 5.92 Å². The Kier molecular flexibility index (Phi) is 7.25. The predicted molar refractivity (Wildman–Crippen MR) is 113 cm³/mol. The van der Waals surface area contributed by atoms with Gasteiger partial charge < -0.3 is 19.4 Å². The highest BCUT2D eigenvalue weighted by Crippen LogP contribution is 2.44. The Bertz CT molecular complexity index is 989. The van der Waals surface area contributed by atoms with Gasteiger partial charge in [-0.2, -0.15) is 0 Å². The number of hydrogen-bond donors (Lipinski definition) is 2. The number of hydrogen-bond acceptors (Lipinski definition) is 6. The molecule has 0 bridgehead atoms. The molecule has 1 atom stereocenters. The molecule has 0 amide bonds. The first-order chi connectivity index (χ1) is 13.6. The number of allylic oxidation sites excluding steroid dienone is 2. The van der Waals surface area contributed by atoms with Crippen molar-refractivity contribution in [3.05, 3.63) is 44.8 Å². The van der Waals surface area contributed by atoms with Crippen molar-refractivity contribution in [2.45, 2.75) is 60.0 Å². The van der Waals surface area contributed by atoms with E-state index in [0.717, 1.165) is 5.57 Å². The first-order valence-corrected chi connectivity index (χ1v) is 9.86. The number of phenols is 2. The summed E-state index contributed by atoms with van der Waals surface area (Å²) in [6.07, 6.45) is 2.34. The molecule has 2 rings (SSSR count). The number of fused-ring (bicyclic) bond motifs is 1. The lowest BCUT2D eigenvalue weighted by molar-refractivity contribution is 0.0964. The molecule has 2 aromatic rings. The molecule has 1 aromatic heterocycles. The van der Waals surface area contributed by atoms with E-state index >= 15 is 0 Å². The van der Waals surface area contributed by atoms with Crippen molar-refractivity contribution in [1.29, 1.82) is 0 Å². The van der Waals surface area contributed by atoms with Gasteiger partial charge in [0.25, 0.3) is 0 Å². The second kappa shape index (κ2) is 9.27. The van der Waals surface area contributed by atoms with Crippen LogP contribution in [0.1, 0.15) is 75.0 Å². The van der Waals surface area contributed by atoms with E-state index in [4.69, 9.17) is 9.15 Å². The van der Waals surface area contributed by atoms with Crippen LogP contribution in [0.2, 0.25) is 0 Å². The van der Waals surface area contributed by atoms with E-state index in [2.05, 4.69) is 0 Å². The molecule has 0 fully saturated rings. The van der Waals surface area contributed by atoms with Gasteiger partial charge >= 0.3 is 5.63 Å². The second-order valence-electron chi connectivity index (χ2n) is 7.92. The largest absolute Gasteiger partial charge is 0.507 e. The summed E-state index contributed by atoms with van der Waals surface area (Å²) in [5.74, 6) is -0.842. The van der Waals surface area contributed by atoms with E-state index in [1.807, 2.05) is 40.7 Å². The molecule has 0 aliphatic rings. The Morgan fingerprint density at radius 3 is 2.41 bits per heavy atom. The fourth-order valence-corrected chi connectivity index (χ4v) is 3.45. The van der Waals surface area contributed by atoms with Crippen LogP contribution in [0.15, 0.2) is 26.9 Å². The summed E-state index contributed by atoms with van der Waals surface area (Å²) in [6.45, 7) is 9.48.